The molecule has 3 unspecified atom stereocenters. The number of aryl methyl sites for hydroxylation is 1. The summed E-state index contributed by atoms with van der Waals surface area (Å²) in [6.45, 7) is 14.8. The number of rotatable bonds is 7. The van der Waals surface area contributed by atoms with Gasteiger partial charge in [-0.2, -0.15) is 0 Å². The fraction of sp³-hybridized carbons (Fsp3) is 0.607. The Kier molecular flexibility index (Phi) is 10.0. The molecule has 0 bridgehead atoms. The third-order valence-corrected chi connectivity index (χ3v) is 6.66. The molecule has 1 aromatic carbocycles. The molecule has 2 N–H and O–H groups in total. The van der Waals surface area contributed by atoms with E-state index in [1.54, 1.807) is 6.92 Å². The van der Waals surface area contributed by atoms with Gasteiger partial charge in [0, 0.05) is 25.0 Å². The van der Waals surface area contributed by atoms with Crippen molar-refractivity contribution in [1.29, 1.82) is 5.41 Å². The van der Waals surface area contributed by atoms with E-state index in [2.05, 4.69) is 51.0 Å². The summed E-state index contributed by atoms with van der Waals surface area (Å²) < 4.78 is 5.79. The van der Waals surface area contributed by atoms with Crippen LogP contribution in [0.5, 0.6) is 0 Å². The summed E-state index contributed by atoms with van der Waals surface area (Å²) >= 11 is 0. The van der Waals surface area contributed by atoms with E-state index in [-0.39, 0.29) is 11.5 Å². The molecule has 3 atom stereocenters. The molecule has 1 aromatic rings. The van der Waals surface area contributed by atoms with Crippen LogP contribution in [0, 0.1) is 24.2 Å². The van der Waals surface area contributed by atoms with E-state index in [9.17, 15) is 9.90 Å². The topological polar surface area (TPSA) is 92.0 Å². The zero-order valence-electron chi connectivity index (χ0n) is 21.9. The lowest BCUT2D eigenvalue weighted by Crippen LogP contribution is -2.33. The molecular formula is C28H42N2O4. The van der Waals surface area contributed by atoms with Crippen molar-refractivity contribution in [2.75, 3.05) is 6.61 Å². The Morgan fingerprint density at radius 1 is 1.32 bits per heavy atom. The van der Waals surface area contributed by atoms with Gasteiger partial charge < -0.3 is 14.7 Å². The molecular weight excluding hydrogens is 428 g/mol. The minimum Gasteiger partial charge on any atom is -0.478 e. The molecule has 1 aliphatic carbocycles. The lowest BCUT2D eigenvalue weighted by molar-refractivity contribution is -0.132. The van der Waals surface area contributed by atoms with Crippen LogP contribution in [0.2, 0.25) is 0 Å². The van der Waals surface area contributed by atoms with Crippen molar-refractivity contribution >= 4 is 23.7 Å². The Morgan fingerprint density at radius 2 is 2.00 bits per heavy atom. The Bertz CT molecular complexity index is 932. The van der Waals surface area contributed by atoms with E-state index >= 15 is 0 Å². The van der Waals surface area contributed by atoms with Gasteiger partial charge in [-0.15, -0.1) is 0 Å². The monoisotopic (exact) mass is 470 g/mol. The van der Waals surface area contributed by atoms with Gasteiger partial charge in [-0.25, -0.2) is 4.79 Å². The SMILES string of the molecule is CC/C(=C\c1cc(C2CCOC(C)(C)C2)ccc1C)C(=O)O.CC/C(=N\OC(C)=N)C1CC1C. The van der Waals surface area contributed by atoms with Gasteiger partial charge in [0.25, 0.3) is 0 Å². The van der Waals surface area contributed by atoms with Crippen LogP contribution in [0.15, 0.2) is 28.9 Å². The predicted octanol–water partition coefficient (Wildman–Crippen LogP) is 6.97. The highest BCUT2D eigenvalue weighted by Crippen LogP contribution is 2.40. The molecule has 0 aromatic heterocycles. The van der Waals surface area contributed by atoms with E-state index in [0.717, 1.165) is 48.6 Å². The van der Waals surface area contributed by atoms with Crippen molar-refractivity contribution in [1.82, 2.24) is 0 Å². The van der Waals surface area contributed by atoms with Gasteiger partial charge >= 0.3 is 5.97 Å². The van der Waals surface area contributed by atoms with Crippen LogP contribution >= 0.6 is 0 Å². The van der Waals surface area contributed by atoms with Crippen molar-refractivity contribution in [2.24, 2.45) is 17.0 Å². The molecule has 6 heteroatoms. The molecule has 3 rings (SSSR count). The molecule has 0 spiro atoms. The highest BCUT2D eigenvalue weighted by atomic mass is 16.6. The molecule has 0 radical (unpaired) electrons. The van der Waals surface area contributed by atoms with E-state index in [1.165, 1.54) is 12.0 Å². The first kappa shape index (κ1) is 27.8. The first-order chi connectivity index (χ1) is 16.0. The van der Waals surface area contributed by atoms with Crippen LogP contribution in [0.4, 0.5) is 0 Å². The summed E-state index contributed by atoms with van der Waals surface area (Å²) in [5, 5.41) is 20.2. The molecule has 1 heterocycles. The summed E-state index contributed by atoms with van der Waals surface area (Å²) in [7, 11) is 0. The number of ether oxygens (including phenoxy) is 1. The van der Waals surface area contributed by atoms with Gasteiger partial charge in [-0.05, 0) is 87.5 Å². The number of benzene rings is 1. The predicted molar refractivity (Wildman–Crippen MR) is 139 cm³/mol. The number of hydrogen-bond donors (Lipinski definition) is 2. The number of nitrogens with zero attached hydrogens (tertiary/aromatic N) is 1. The normalized spacial score (nSPS) is 24.0. The number of carboxylic acids is 1. The molecule has 6 nitrogen and oxygen atoms in total. The Labute approximate surface area is 204 Å². The Balaban J connectivity index is 0.000000287. The van der Waals surface area contributed by atoms with Crippen LogP contribution < -0.4 is 0 Å². The highest BCUT2D eigenvalue weighted by molar-refractivity contribution is 5.92. The van der Waals surface area contributed by atoms with Gasteiger partial charge in [-0.3, -0.25) is 5.41 Å². The summed E-state index contributed by atoms with van der Waals surface area (Å²) in [5.74, 6) is 1.19. The fourth-order valence-electron chi connectivity index (χ4n) is 4.40. The molecule has 1 saturated heterocycles. The quantitative estimate of drug-likeness (QED) is 0.195. The number of carbonyl (C=O) groups is 1. The second kappa shape index (κ2) is 12.3. The zero-order chi connectivity index (χ0) is 25.5. The van der Waals surface area contributed by atoms with Crippen molar-refractivity contribution in [3.8, 4) is 0 Å². The summed E-state index contributed by atoms with van der Waals surface area (Å²) in [6.07, 6.45) is 6.53. The van der Waals surface area contributed by atoms with Crippen molar-refractivity contribution < 1.29 is 19.5 Å². The standard InChI is InChI=1S/C19H26O3.C9H16N2O/c1-5-14(18(20)21)10-17-11-15(7-6-13(17)2)16-8-9-22-19(3,4)12-16;1-4-9(8-5-6(8)2)11-12-7(3)10/h6-7,10-11,16H,5,8-9,12H2,1-4H3,(H,20,21);6,8,10H,4-5H2,1-3H3/b14-10+;10-7?,11-9+. The number of aliphatic carboxylic acids is 1. The third-order valence-electron chi connectivity index (χ3n) is 6.66. The molecule has 0 amide bonds. The minimum atomic E-state index is -0.834. The second-order valence-corrected chi connectivity index (χ2v) is 10.1. The zero-order valence-corrected chi connectivity index (χ0v) is 21.9. The number of hydrogen-bond acceptors (Lipinski definition) is 5. The molecule has 2 fully saturated rings. The Hall–Kier alpha value is -2.47. The summed E-state index contributed by atoms with van der Waals surface area (Å²) in [6, 6.07) is 6.42. The lowest BCUT2D eigenvalue weighted by Gasteiger charge is -2.36. The lowest BCUT2D eigenvalue weighted by atomic mass is 9.82. The van der Waals surface area contributed by atoms with Crippen molar-refractivity contribution in [3.05, 3.63) is 40.5 Å². The number of oxime groups is 1. The smallest absolute Gasteiger partial charge is 0.331 e. The van der Waals surface area contributed by atoms with Crippen LogP contribution in [0.25, 0.3) is 6.08 Å². The van der Waals surface area contributed by atoms with Crippen LogP contribution in [0.3, 0.4) is 0 Å². The number of carboxylic acid groups (broad SMARTS) is 1. The average Bonchev–Trinajstić information content (AvgIpc) is 3.49. The van der Waals surface area contributed by atoms with E-state index in [0.29, 0.717) is 23.8 Å². The summed E-state index contributed by atoms with van der Waals surface area (Å²) in [5.41, 5.74) is 4.89. The Morgan fingerprint density at radius 3 is 2.50 bits per heavy atom. The van der Waals surface area contributed by atoms with E-state index in [4.69, 9.17) is 15.0 Å². The van der Waals surface area contributed by atoms with E-state index < -0.39 is 5.97 Å². The molecule has 188 valence electrons. The maximum Gasteiger partial charge on any atom is 0.331 e. The third kappa shape index (κ3) is 8.39. The van der Waals surface area contributed by atoms with Crippen LogP contribution in [-0.4, -0.2) is 34.9 Å². The summed E-state index contributed by atoms with van der Waals surface area (Å²) in [4.78, 5) is 16.0. The van der Waals surface area contributed by atoms with Crippen LogP contribution in [-0.2, 0) is 14.4 Å². The molecule has 34 heavy (non-hydrogen) atoms. The van der Waals surface area contributed by atoms with Crippen molar-refractivity contribution in [3.63, 3.8) is 0 Å². The van der Waals surface area contributed by atoms with Gasteiger partial charge in [0.2, 0.25) is 5.90 Å². The molecule has 2 aliphatic rings. The van der Waals surface area contributed by atoms with Crippen molar-refractivity contribution in [2.45, 2.75) is 92.1 Å². The minimum absolute atomic E-state index is 0.0839. The van der Waals surface area contributed by atoms with Gasteiger partial charge in [-0.1, -0.05) is 44.1 Å². The fourth-order valence-corrected chi connectivity index (χ4v) is 4.40. The average molecular weight is 471 g/mol. The van der Waals surface area contributed by atoms with Gasteiger partial charge in [0.15, 0.2) is 0 Å². The first-order valence-corrected chi connectivity index (χ1v) is 12.4. The highest BCUT2D eigenvalue weighted by Gasteiger charge is 2.36. The number of nitrogens with one attached hydrogen (secondary N) is 1. The largest absolute Gasteiger partial charge is 0.478 e. The second-order valence-electron chi connectivity index (χ2n) is 10.1. The maximum atomic E-state index is 11.2. The maximum absolute atomic E-state index is 11.2. The van der Waals surface area contributed by atoms with E-state index in [1.807, 2.05) is 19.9 Å². The van der Waals surface area contributed by atoms with Gasteiger partial charge in [0.1, 0.15) is 0 Å². The molecule has 1 saturated carbocycles. The first-order valence-electron chi connectivity index (χ1n) is 12.4. The molecule has 1 aliphatic heterocycles. The van der Waals surface area contributed by atoms with Crippen LogP contribution in [0.1, 0.15) is 96.3 Å². The van der Waals surface area contributed by atoms with Gasteiger partial charge in [0.05, 0.1) is 11.3 Å².